The van der Waals surface area contributed by atoms with Crippen molar-refractivity contribution in [2.75, 3.05) is 13.2 Å². The number of ether oxygens (including phenoxy) is 3. The molecule has 81 heavy (non-hydrogen) atoms. The molecule has 0 saturated heterocycles. The second-order valence-electron chi connectivity index (χ2n) is 25.6. The van der Waals surface area contributed by atoms with E-state index in [0.717, 1.165) is 57.8 Å². The second kappa shape index (κ2) is 70.6. The Hall–Kier alpha value is -1.85. The van der Waals surface area contributed by atoms with Gasteiger partial charge in [0.15, 0.2) is 6.10 Å². The molecule has 0 aromatic heterocycles. The van der Waals surface area contributed by atoms with Gasteiger partial charge in [-0.1, -0.05) is 380 Å². The smallest absolute Gasteiger partial charge is 0.306 e. The van der Waals surface area contributed by atoms with Crippen LogP contribution in [0, 0.1) is 0 Å². The van der Waals surface area contributed by atoms with E-state index in [2.05, 4.69) is 32.9 Å². The normalized spacial score (nSPS) is 12.0. The van der Waals surface area contributed by atoms with Crippen molar-refractivity contribution in [2.45, 2.75) is 438 Å². The van der Waals surface area contributed by atoms with E-state index in [1.165, 1.54) is 334 Å². The topological polar surface area (TPSA) is 78.9 Å². The van der Waals surface area contributed by atoms with Crippen LogP contribution in [0.4, 0.5) is 0 Å². The van der Waals surface area contributed by atoms with Gasteiger partial charge in [0.25, 0.3) is 0 Å². The lowest BCUT2D eigenvalue weighted by Gasteiger charge is -2.18. The molecule has 0 bridgehead atoms. The van der Waals surface area contributed by atoms with Crippen LogP contribution in [-0.4, -0.2) is 37.2 Å². The van der Waals surface area contributed by atoms with Crippen molar-refractivity contribution in [3.8, 4) is 0 Å². The summed E-state index contributed by atoms with van der Waals surface area (Å²) >= 11 is 0. The quantitative estimate of drug-likeness (QED) is 0.0261. The Morgan fingerprint density at radius 3 is 0.617 bits per heavy atom. The lowest BCUT2D eigenvalue weighted by atomic mass is 10.0. The maximum Gasteiger partial charge on any atom is 0.306 e. The zero-order valence-corrected chi connectivity index (χ0v) is 55.4. The summed E-state index contributed by atoms with van der Waals surface area (Å²) in [6.07, 6.45) is 85.5. The van der Waals surface area contributed by atoms with Crippen molar-refractivity contribution < 1.29 is 28.6 Å². The van der Waals surface area contributed by atoms with Gasteiger partial charge < -0.3 is 14.2 Å². The average molecular weight is 1140 g/mol. The molecule has 0 spiro atoms. The van der Waals surface area contributed by atoms with Crippen LogP contribution in [0.5, 0.6) is 0 Å². The minimum atomic E-state index is -0.769. The number of carbonyl (C=O) groups excluding carboxylic acids is 3. The summed E-state index contributed by atoms with van der Waals surface area (Å²) in [5.74, 6) is -0.834. The molecule has 0 aliphatic rings. The highest BCUT2D eigenvalue weighted by atomic mass is 16.6. The van der Waals surface area contributed by atoms with Crippen molar-refractivity contribution in [3.05, 3.63) is 12.2 Å². The molecule has 0 rings (SSSR count). The fourth-order valence-electron chi connectivity index (χ4n) is 11.7. The zero-order valence-electron chi connectivity index (χ0n) is 55.4. The molecule has 0 heterocycles. The Kier molecular flexibility index (Phi) is 69.0. The molecule has 0 saturated carbocycles. The van der Waals surface area contributed by atoms with Gasteiger partial charge in [-0.15, -0.1) is 0 Å². The van der Waals surface area contributed by atoms with E-state index in [0.29, 0.717) is 19.3 Å². The number of rotatable bonds is 70. The van der Waals surface area contributed by atoms with Crippen LogP contribution in [0.2, 0.25) is 0 Å². The molecular weight excluding hydrogens is 997 g/mol. The Bertz CT molecular complexity index is 1260. The fraction of sp³-hybridized carbons (Fsp3) is 0.933. The Morgan fingerprint density at radius 1 is 0.235 bits per heavy atom. The van der Waals surface area contributed by atoms with E-state index in [4.69, 9.17) is 14.2 Å². The van der Waals surface area contributed by atoms with E-state index < -0.39 is 6.10 Å². The molecule has 0 N–H and O–H groups in total. The lowest BCUT2D eigenvalue weighted by molar-refractivity contribution is -0.167. The summed E-state index contributed by atoms with van der Waals surface area (Å²) in [5, 5.41) is 0. The van der Waals surface area contributed by atoms with Gasteiger partial charge in [0, 0.05) is 19.3 Å². The Balaban J connectivity index is 4.10. The highest BCUT2D eigenvalue weighted by Gasteiger charge is 2.20. The van der Waals surface area contributed by atoms with Gasteiger partial charge in [-0.05, 0) is 44.9 Å². The summed E-state index contributed by atoms with van der Waals surface area (Å²) in [6.45, 7) is 6.72. The Labute approximate surface area is 507 Å². The van der Waals surface area contributed by atoms with Crippen LogP contribution in [0.25, 0.3) is 0 Å². The van der Waals surface area contributed by atoms with Crippen LogP contribution in [0.3, 0.4) is 0 Å². The van der Waals surface area contributed by atoms with Gasteiger partial charge in [0.2, 0.25) is 0 Å². The first-order chi connectivity index (χ1) is 40.0. The number of carbonyl (C=O) groups is 3. The third-order valence-corrected chi connectivity index (χ3v) is 17.3. The third-order valence-electron chi connectivity index (χ3n) is 17.3. The fourth-order valence-corrected chi connectivity index (χ4v) is 11.7. The first-order valence-electron chi connectivity index (χ1n) is 37.2. The maximum absolute atomic E-state index is 12.9. The predicted octanol–water partition coefficient (Wildman–Crippen LogP) is 25.6. The summed E-state index contributed by atoms with van der Waals surface area (Å²) in [4.78, 5) is 38.4. The molecule has 0 aliphatic carbocycles. The summed E-state index contributed by atoms with van der Waals surface area (Å²) < 4.78 is 17.0. The minimum Gasteiger partial charge on any atom is -0.462 e. The number of hydrogen-bond donors (Lipinski definition) is 0. The van der Waals surface area contributed by atoms with Gasteiger partial charge in [-0.25, -0.2) is 0 Å². The molecule has 1 unspecified atom stereocenters. The molecule has 480 valence electrons. The highest BCUT2D eigenvalue weighted by Crippen LogP contribution is 2.20. The molecule has 0 radical (unpaired) electrons. The van der Waals surface area contributed by atoms with Gasteiger partial charge in [0.1, 0.15) is 13.2 Å². The Morgan fingerprint density at radius 2 is 0.407 bits per heavy atom. The van der Waals surface area contributed by atoms with Crippen LogP contribution in [0.15, 0.2) is 12.2 Å². The second-order valence-corrected chi connectivity index (χ2v) is 25.6. The first kappa shape index (κ1) is 79.2. The van der Waals surface area contributed by atoms with Gasteiger partial charge in [-0.3, -0.25) is 14.4 Å². The number of unbranched alkanes of at least 4 members (excludes halogenated alkanes) is 57. The first-order valence-corrected chi connectivity index (χ1v) is 37.2. The highest BCUT2D eigenvalue weighted by molar-refractivity contribution is 5.71. The SMILES string of the molecule is CCCCCCCC/C=C\CCCCCCCCCC(=O)OC(COC(=O)CCCCCCCCCCCCCCCC)COC(=O)CCCCCCCCCCCCCCCCCCCCCCCCCCCCCCCCCC. The van der Waals surface area contributed by atoms with E-state index in [1.807, 2.05) is 0 Å². The number of allylic oxidation sites excluding steroid dienone is 2. The lowest BCUT2D eigenvalue weighted by Crippen LogP contribution is -2.30. The van der Waals surface area contributed by atoms with Crippen molar-refractivity contribution >= 4 is 17.9 Å². The van der Waals surface area contributed by atoms with Crippen LogP contribution in [0.1, 0.15) is 432 Å². The molecule has 0 aromatic rings. The minimum absolute atomic E-state index is 0.0649. The van der Waals surface area contributed by atoms with E-state index in [1.54, 1.807) is 0 Å². The van der Waals surface area contributed by atoms with Gasteiger partial charge in [0.05, 0.1) is 0 Å². The predicted molar refractivity (Wildman–Crippen MR) is 353 cm³/mol. The van der Waals surface area contributed by atoms with Crippen LogP contribution < -0.4 is 0 Å². The van der Waals surface area contributed by atoms with E-state index in [-0.39, 0.29) is 31.1 Å². The molecule has 6 nitrogen and oxygen atoms in total. The maximum atomic E-state index is 12.9. The molecule has 0 fully saturated rings. The van der Waals surface area contributed by atoms with Gasteiger partial charge >= 0.3 is 17.9 Å². The van der Waals surface area contributed by atoms with E-state index >= 15 is 0 Å². The largest absolute Gasteiger partial charge is 0.462 e. The zero-order chi connectivity index (χ0) is 58.5. The van der Waals surface area contributed by atoms with Crippen molar-refractivity contribution in [1.82, 2.24) is 0 Å². The van der Waals surface area contributed by atoms with Gasteiger partial charge in [-0.2, -0.15) is 0 Å². The summed E-state index contributed by atoms with van der Waals surface area (Å²) in [5.41, 5.74) is 0. The number of esters is 3. The third kappa shape index (κ3) is 68.8. The molecular formula is C75H144O6. The molecule has 0 aliphatic heterocycles. The van der Waals surface area contributed by atoms with Crippen molar-refractivity contribution in [3.63, 3.8) is 0 Å². The average Bonchev–Trinajstić information content (AvgIpc) is 3.47. The van der Waals surface area contributed by atoms with Crippen LogP contribution in [-0.2, 0) is 28.6 Å². The van der Waals surface area contributed by atoms with Crippen molar-refractivity contribution in [1.29, 1.82) is 0 Å². The monoisotopic (exact) mass is 1140 g/mol. The summed E-state index contributed by atoms with van der Waals surface area (Å²) in [7, 11) is 0. The van der Waals surface area contributed by atoms with Crippen molar-refractivity contribution in [2.24, 2.45) is 0 Å². The van der Waals surface area contributed by atoms with Crippen LogP contribution >= 0.6 is 0 Å². The molecule has 0 aromatic carbocycles. The standard InChI is InChI=1S/C75H144O6/c1-4-7-10-13-16-19-22-25-28-30-31-32-33-34-35-36-37-38-39-40-41-42-43-44-46-47-50-53-56-59-62-65-68-74(77)80-71-72(70-79-73(76)67-64-61-58-55-52-49-27-24-21-18-15-12-9-6-3)81-75(78)69-66-63-60-57-54-51-48-45-29-26-23-20-17-14-11-8-5-2/h26,29,72H,4-25,27-28,30-71H2,1-3H3/b29-26-. The van der Waals surface area contributed by atoms with E-state index in [9.17, 15) is 14.4 Å². The molecule has 6 heteroatoms. The molecule has 1 atom stereocenters. The molecule has 0 amide bonds. The number of hydrogen-bond acceptors (Lipinski definition) is 6. The summed E-state index contributed by atoms with van der Waals surface area (Å²) in [6, 6.07) is 0.